The molecule has 132 valence electrons. The summed E-state index contributed by atoms with van der Waals surface area (Å²) in [5.74, 6) is -1.42. The number of hydrogen-bond acceptors (Lipinski definition) is 4. The number of carbonyl (C=O) groups is 2. The normalized spacial score (nSPS) is 17.6. The zero-order valence-corrected chi connectivity index (χ0v) is 14.6. The van der Waals surface area contributed by atoms with Crippen LogP contribution in [0.15, 0.2) is 30.5 Å². The molecule has 1 N–H and O–H groups in total. The molecular formula is C18H22N4O3. The van der Waals surface area contributed by atoms with E-state index in [-0.39, 0.29) is 23.2 Å². The van der Waals surface area contributed by atoms with E-state index in [0.717, 1.165) is 5.69 Å². The third-order valence-electron chi connectivity index (χ3n) is 4.65. The second kappa shape index (κ2) is 6.58. The summed E-state index contributed by atoms with van der Waals surface area (Å²) < 4.78 is 1.34. The summed E-state index contributed by atoms with van der Waals surface area (Å²) in [6.45, 7) is 5.91. The number of rotatable bonds is 3. The van der Waals surface area contributed by atoms with E-state index < -0.39 is 5.97 Å². The number of aromatic carboxylic acids is 1. The number of aryl methyl sites for hydroxylation is 2. The van der Waals surface area contributed by atoms with Crippen LogP contribution in [0.4, 0.5) is 5.69 Å². The van der Waals surface area contributed by atoms with Crippen molar-refractivity contribution in [3.05, 3.63) is 47.3 Å². The number of aromatic nitrogens is 2. The van der Waals surface area contributed by atoms with Crippen molar-refractivity contribution in [2.75, 3.05) is 24.5 Å². The maximum absolute atomic E-state index is 12.8. The van der Waals surface area contributed by atoms with Gasteiger partial charge in [-0.25, -0.2) is 4.79 Å². The van der Waals surface area contributed by atoms with Gasteiger partial charge in [-0.05, 0) is 26.0 Å². The molecule has 1 fully saturated rings. The van der Waals surface area contributed by atoms with Crippen LogP contribution in [0.1, 0.15) is 33.3 Å². The Balaban J connectivity index is 1.77. The Morgan fingerprint density at radius 1 is 1.20 bits per heavy atom. The van der Waals surface area contributed by atoms with E-state index in [1.807, 2.05) is 0 Å². The lowest BCUT2D eigenvalue weighted by Gasteiger charge is -2.41. The van der Waals surface area contributed by atoms with Crippen LogP contribution >= 0.6 is 0 Å². The predicted octanol–water partition coefficient (Wildman–Crippen LogP) is 1.78. The summed E-state index contributed by atoms with van der Waals surface area (Å²) in [6.07, 6.45) is 1.22. The van der Waals surface area contributed by atoms with Gasteiger partial charge in [-0.1, -0.05) is 17.7 Å². The monoisotopic (exact) mass is 342 g/mol. The third kappa shape index (κ3) is 3.22. The predicted molar refractivity (Wildman–Crippen MR) is 94.1 cm³/mol. The van der Waals surface area contributed by atoms with Crippen LogP contribution in [-0.2, 0) is 7.05 Å². The molecule has 0 bridgehead atoms. The molecule has 0 aliphatic carbocycles. The largest absolute Gasteiger partial charge is 0.478 e. The van der Waals surface area contributed by atoms with Gasteiger partial charge in [0.05, 0.1) is 6.20 Å². The van der Waals surface area contributed by atoms with Crippen molar-refractivity contribution in [2.24, 2.45) is 7.05 Å². The molecule has 25 heavy (non-hydrogen) atoms. The minimum absolute atomic E-state index is 0.0545. The van der Waals surface area contributed by atoms with Gasteiger partial charge in [0.15, 0.2) is 0 Å². The summed E-state index contributed by atoms with van der Waals surface area (Å²) in [5, 5.41) is 13.2. The van der Waals surface area contributed by atoms with Crippen LogP contribution in [-0.4, -0.2) is 57.3 Å². The number of nitrogens with zero attached hydrogens (tertiary/aromatic N) is 4. The van der Waals surface area contributed by atoms with Crippen molar-refractivity contribution in [1.82, 2.24) is 14.7 Å². The maximum atomic E-state index is 12.8. The summed E-state index contributed by atoms with van der Waals surface area (Å²) in [4.78, 5) is 28.1. The highest BCUT2D eigenvalue weighted by atomic mass is 16.4. The lowest BCUT2D eigenvalue weighted by atomic mass is 10.1. The van der Waals surface area contributed by atoms with E-state index in [1.165, 1.54) is 16.4 Å². The third-order valence-corrected chi connectivity index (χ3v) is 4.65. The van der Waals surface area contributed by atoms with E-state index in [2.05, 4.69) is 48.1 Å². The molecule has 1 saturated heterocycles. The van der Waals surface area contributed by atoms with E-state index in [4.69, 9.17) is 0 Å². The number of benzene rings is 1. The van der Waals surface area contributed by atoms with Crippen LogP contribution in [0.25, 0.3) is 0 Å². The number of hydrogen-bond donors (Lipinski definition) is 1. The summed E-state index contributed by atoms with van der Waals surface area (Å²) in [7, 11) is 1.59. The number of carbonyl (C=O) groups excluding carboxylic acids is 1. The number of anilines is 1. The first-order chi connectivity index (χ1) is 11.9. The van der Waals surface area contributed by atoms with Gasteiger partial charge in [0, 0.05) is 38.4 Å². The van der Waals surface area contributed by atoms with Crippen LogP contribution in [0.5, 0.6) is 0 Å². The van der Waals surface area contributed by atoms with E-state index in [0.29, 0.717) is 19.6 Å². The molecule has 0 spiro atoms. The lowest BCUT2D eigenvalue weighted by molar-refractivity contribution is 0.0662. The van der Waals surface area contributed by atoms with Crippen LogP contribution < -0.4 is 4.90 Å². The molecule has 1 aliphatic rings. The molecule has 2 heterocycles. The zero-order valence-electron chi connectivity index (χ0n) is 14.6. The minimum Gasteiger partial charge on any atom is -0.478 e. The maximum Gasteiger partial charge on any atom is 0.339 e. The number of amides is 1. The number of carboxylic acid groups (broad SMARTS) is 1. The first-order valence-corrected chi connectivity index (χ1v) is 8.26. The zero-order chi connectivity index (χ0) is 18.1. The van der Waals surface area contributed by atoms with Gasteiger partial charge in [-0.3, -0.25) is 9.48 Å². The molecule has 1 amide bonds. The van der Waals surface area contributed by atoms with Gasteiger partial charge in [0.25, 0.3) is 5.91 Å². The average molecular weight is 342 g/mol. The summed E-state index contributed by atoms with van der Waals surface area (Å²) in [5.41, 5.74) is 2.42. The molecule has 7 nitrogen and oxygen atoms in total. The Hall–Kier alpha value is -2.83. The minimum atomic E-state index is -1.14. The molecule has 0 saturated carbocycles. The quantitative estimate of drug-likeness (QED) is 0.920. The number of piperazine rings is 1. The van der Waals surface area contributed by atoms with Crippen molar-refractivity contribution < 1.29 is 14.7 Å². The van der Waals surface area contributed by atoms with Gasteiger partial charge in [0.2, 0.25) is 0 Å². The Labute approximate surface area is 146 Å². The fourth-order valence-electron chi connectivity index (χ4n) is 3.26. The van der Waals surface area contributed by atoms with Gasteiger partial charge in [-0.15, -0.1) is 0 Å². The molecular weight excluding hydrogens is 320 g/mol. The molecule has 7 heteroatoms. The average Bonchev–Trinajstić information content (AvgIpc) is 2.97. The molecule has 1 atom stereocenters. The first kappa shape index (κ1) is 17.0. The Bertz CT molecular complexity index is 797. The lowest BCUT2D eigenvalue weighted by Crippen LogP contribution is -2.54. The smallest absolute Gasteiger partial charge is 0.339 e. The van der Waals surface area contributed by atoms with Gasteiger partial charge in [-0.2, -0.15) is 5.10 Å². The molecule has 1 aromatic carbocycles. The summed E-state index contributed by atoms with van der Waals surface area (Å²) in [6, 6.07) is 8.48. The van der Waals surface area contributed by atoms with Crippen molar-refractivity contribution in [2.45, 2.75) is 19.9 Å². The van der Waals surface area contributed by atoms with E-state index in [9.17, 15) is 14.7 Å². The SMILES string of the molecule is Cc1ccc(N2CCN(C(=O)c3c(C(=O)O)cnn3C)C[C@@H]2C)cc1. The Morgan fingerprint density at radius 3 is 2.48 bits per heavy atom. The topological polar surface area (TPSA) is 78.7 Å². The number of carboxylic acids is 1. The van der Waals surface area contributed by atoms with Crippen molar-refractivity contribution in [3.8, 4) is 0 Å². The van der Waals surface area contributed by atoms with Crippen molar-refractivity contribution in [1.29, 1.82) is 0 Å². The van der Waals surface area contributed by atoms with Crippen LogP contribution in [0.2, 0.25) is 0 Å². The van der Waals surface area contributed by atoms with Crippen LogP contribution in [0.3, 0.4) is 0 Å². The summed E-state index contributed by atoms with van der Waals surface area (Å²) >= 11 is 0. The molecule has 0 unspecified atom stereocenters. The van der Waals surface area contributed by atoms with Crippen LogP contribution in [0, 0.1) is 6.92 Å². The first-order valence-electron chi connectivity index (χ1n) is 8.26. The Morgan fingerprint density at radius 2 is 1.88 bits per heavy atom. The highest BCUT2D eigenvalue weighted by Gasteiger charge is 2.31. The van der Waals surface area contributed by atoms with Crippen molar-refractivity contribution in [3.63, 3.8) is 0 Å². The standard InChI is InChI=1S/C18H22N4O3/c1-12-4-6-14(7-5-12)22-9-8-21(11-13(22)2)17(23)16-15(18(24)25)10-19-20(16)3/h4-7,10,13H,8-9,11H2,1-3H3,(H,24,25)/t13-/m0/s1. The fourth-order valence-corrected chi connectivity index (χ4v) is 3.26. The molecule has 1 aliphatic heterocycles. The van der Waals surface area contributed by atoms with E-state index in [1.54, 1.807) is 11.9 Å². The molecule has 3 rings (SSSR count). The van der Waals surface area contributed by atoms with Crippen molar-refractivity contribution >= 4 is 17.6 Å². The van der Waals surface area contributed by atoms with Gasteiger partial charge in [0.1, 0.15) is 11.3 Å². The highest BCUT2D eigenvalue weighted by Crippen LogP contribution is 2.22. The highest BCUT2D eigenvalue weighted by molar-refractivity contribution is 6.03. The molecule has 2 aromatic rings. The Kier molecular flexibility index (Phi) is 4.48. The van der Waals surface area contributed by atoms with E-state index >= 15 is 0 Å². The van der Waals surface area contributed by atoms with Gasteiger partial charge >= 0.3 is 5.97 Å². The second-order valence-electron chi connectivity index (χ2n) is 6.46. The second-order valence-corrected chi connectivity index (χ2v) is 6.46. The fraction of sp³-hybridized carbons (Fsp3) is 0.389. The van der Waals surface area contributed by atoms with Gasteiger partial charge < -0.3 is 14.9 Å². The molecule has 0 radical (unpaired) electrons. The molecule has 1 aromatic heterocycles.